The Labute approximate surface area is 57.6 Å². The molecule has 0 saturated heterocycles. The monoisotopic (exact) mass is 140 g/mol. The average Bonchev–Trinajstić information content (AvgIpc) is 2.36. The first-order valence-electron chi connectivity index (χ1n) is 2.58. The summed E-state index contributed by atoms with van der Waals surface area (Å²) in [6, 6.07) is 0. The molecule has 1 heterocycles. The standard InChI is InChI=1S/C5H6N3O2/c1-4(9)8(2)5-3-10-7-6-5/h3H,1H2,2H3. The van der Waals surface area contributed by atoms with Gasteiger partial charge in [0.05, 0.1) is 0 Å². The Morgan fingerprint density at radius 2 is 2.60 bits per heavy atom. The molecule has 5 heteroatoms. The van der Waals surface area contributed by atoms with E-state index in [9.17, 15) is 4.79 Å². The van der Waals surface area contributed by atoms with Gasteiger partial charge in [-0.2, -0.15) is 0 Å². The van der Waals surface area contributed by atoms with Crippen LogP contribution in [0.1, 0.15) is 0 Å². The van der Waals surface area contributed by atoms with E-state index in [2.05, 4.69) is 21.8 Å². The number of amides is 1. The molecule has 0 unspecified atom stereocenters. The lowest BCUT2D eigenvalue weighted by molar-refractivity contribution is -0.114. The van der Waals surface area contributed by atoms with Crippen molar-refractivity contribution in [1.29, 1.82) is 0 Å². The Morgan fingerprint density at radius 1 is 1.90 bits per heavy atom. The van der Waals surface area contributed by atoms with Crippen LogP contribution >= 0.6 is 0 Å². The number of hydrogen-bond acceptors (Lipinski definition) is 4. The molecule has 1 aromatic heterocycles. The van der Waals surface area contributed by atoms with Gasteiger partial charge in [-0.05, 0) is 0 Å². The van der Waals surface area contributed by atoms with Gasteiger partial charge in [-0.25, -0.2) is 0 Å². The van der Waals surface area contributed by atoms with Crippen LogP contribution in [0.5, 0.6) is 0 Å². The fraction of sp³-hybridized carbons (Fsp3) is 0.200. The number of nitrogens with zero attached hydrogens (tertiary/aromatic N) is 3. The summed E-state index contributed by atoms with van der Waals surface area (Å²) in [4.78, 5) is 11.8. The molecule has 1 amide bonds. The smallest absolute Gasteiger partial charge is 0.228 e. The molecule has 10 heavy (non-hydrogen) atoms. The molecular formula is C5H6N3O2. The minimum absolute atomic E-state index is 0.351. The third-order valence-electron chi connectivity index (χ3n) is 1.07. The first-order valence-corrected chi connectivity index (χ1v) is 2.58. The Morgan fingerprint density at radius 3 is 3.00 bits per heavy atom. The van der Waals surface area contributed by atoms with E-state index >= 15 is 0 Å². The molecule has 1 radical (unpaired) electrons. The van der Waals surface area contributed by atoms with Crippen LogP contribution in [-0.4, -0.2) is 23.3 Å². The highest BCUT2D eigenvalue weighted by molar-refractivity contribution is 5.94. The molecule has 0 atom stereocenters. The van der Waals surface area contributed by atoms with Crippen molar-refractivity contribution in [3.63, 3.8) is 0 Å². The second kappa shape index (κ2) is 2.47. The first kappa shape index (κ1) is 6.73. The average molecular weight is 140 g/mol. The van der Waals surface area contributed by atoms with Gasteiger partial charge in [-0.3, -0.25) is 9.69 Å². The van der Waals surface area contributed by atoms with Crippen LogP contribution in [-0.2, 0) is 4.79 Å². The SMILES string of the molecule is [CH2]C(=O)N(C)c1conn1. The zero-order valence-corrected chi connectivity index (χ0v) is 5.44. The third-order valence-corrected chi connectivity index (χ3v) is 1.07. The number of hydrogen-bond donors (Lipinski definition) is 0. The highest BCUT2D eigenvalue weighted by atomic mass is 16.5. The highest BCUT2D eigenvalue weighted by Gasteiger charge is 2.07. The van der Waals surface area contributed by atoms with Crippen molar-refractivity contribution < 1.29 is 9.32 Å². The fourth-order valence-corrected chi connectivity index (χ4v) is 0.434. The van der Waals surface area contributed by atoms with Crippen LogP contribution in [0, 0.1) is 6.92 Å². The molecule has 0 spiro atoms. The number of anilines is 1. The van der Waals surface area contributed by atoms with Crippen LogP contribution in [0.25, 0.3) is 0 Å². The van der Waals surface area contributed by atoms with E-state index in [0.717, 1.165) is 0 Å². The van der Waals surface area contributed by atoms with Crippen molar-refractivity contribution in [1.82, 2.24) is 10.4 Å². The zero-order valence-electron chi connectivity index (χ0n) is 5.44. The van der Waals surface area contributed by atoms with Crippen molar-refractivity contribution in [2.75, 3.05) is 11.9 Å². The van der Waals surface area contributed by atoms with E-state index in [0.29, 0.717) is 5.82 Å². The molecule has 1 rings (SSSR count). The van der Waals surface area contributed by atoms with Gasteiger partial charge in [-0.1, -0.05) is 5.10 Å². The van der Waals surface area contributed by atoms with E-state index in [1.165, 1.54) is 18.2 Å². The van der Waals surface area contributed by atoms with Gasteiger partial charge in [0.1, 0.15) is 0 Å². The van der Waals surface area contributed by atoms with Crippen LogP contribution in [0.4, 0.5) is 5.82 Å². The fourth-order valence-electron chi connectivity index (χ4n) is 0.434. The van der Waals surface area contributed by atoms with E-state index in [1.807, 2.05) is 0 Å². The molecule has 0 bridgehead atoms. The predicted molar refractivity (Wildman–Crippen MR) is 33.1 cm³/mol. The predicted octanol–water partition coefficient (Wildman–Crippen LogP) is -0.134. The maximum absolute atomic E-state index is 10.5. The van der Waals surface area contributed by atoms with E-state index in [-0.39, 0.29) is 5.91 Å². The minimum Gasteiger partial charge on any atom is -0.343 e. The quantitative estimate of drug-likeness (QED) is 0.545. The molecule has 0 fully saturated rings. The zero-order chi connectivity index (χ0) is 7.56. The van der Waals surface area contributed by atoms with Gasteiger partial charge in [0.2, 0.25) is 5.91 Å². The summed E-state index contributed by atoms with van der Waals surface area (Å²) in [7, 11) is 1.54. The van der Waals surface area contributed by atoms with E-state index < -0.39 is 0 Å². The topological polar surface area (TPSA) is 59.2 Å². The van der Waals surface area contributed by atoms with Gasteiger partial charge >= 0.3 is 0 Å². The van der Waals surface area contributed by atoms with Crippen LogP contribution < -0.4 is 4.90 Å². The van der Waals surface area contributed by atoms with Crippen LogP contribution in [0.3, 0.4) is 0 Å². The summed E-state index contributed by atoms with van der Waals surface area (Å²) in [6.45, 7) is 3.17. The van der Waals surface area contributed by atoms with Crippen LogP contribution in [0.2, 0.25) is 0 Å². The van der Waals surface area contributed by atoms with Crippen molar-refractivity contribution in [2.45, 2.75) is 0 Å². The molecule has 5 nitrogen and oxygen atoms in total. The highest BCUT2D eigenvalue weighted by Crippen LogP contribution is 2.04. The largest absolute Gasteiger partial charge is 0.343 e. The van der Waals surface area contributed by atoms with Crippen molar-refractivity contribution in [3.05, 3.63) is 13.2 Å². The second-order valence-electron chi connectivity index (χ2n) is 1.72. The summed E-state index contributed by atoms with van der Waals surface area (Å²) in [5, 5.41) is 6.66. The second-order valence-corrected chi connectivity index (χ2v) is 1.72. The van der Waals surface area contributed by atoms with Gasteiger partial charge in [0.25, 0.3) is 0 Å². The normalized spacial score (nSPS) is 9.40. The van der Waals surface area contributed by atoms with Gasteiger partial charge < -0.3 is 4.52 Å². The summed E-state index contributed by atoms with van der Waals surface area (Å²) in [6.07, 6.45) is 1.27. The van der Waals surface area contributed by atoms with E-state index in [1.54, 1.807) is 0 Å². The number of carbonyl (C=O) groups is 1. The number of carbonyl (C=O) groups excluding carboxylic acids is 1. The Bertz CT molecular complexity index is 219. The van der Waals surface area contributed by atoms with Gasteiger partial charge in [0.15, 0.2) is 12.1 Å². The molecule has 0 aliphatic rings. The van der Waals surface area contributed by atoms with E-state index in [4.69, 9.17) is 0 Å². The maximum atomic E-state index is 10.5. The molecule has 0 saturated carbocycles. The molecule has 1 aromatic rings. The van der Waals surface area contributed by atoms with Crippen molar-refractivity contribution in [3.8, 4) is 0 Å². The molecule has 0 N–H and O–H groups in total. The third kappa shape index (κ3) is 1.12. The van der Waals surface area contributed by atoms with Crippen LogP contribution in [0.15, 0.2) is 10.8 Å². The molecule has 0 aliphatic heterocycles. The summed E-state index contributed by atoms with van der Waals surface area (Å²) in [5.74, 6) is 0.00991. The lowest BCUT2D eigenvalue weighted by Gasteiger charge is -2.07. The summed E-state index contributed by atoms with van der Waals surface area (Å²) < 4.78 is 4.40. The van der Waals surface area contributed by atoms with Crippen molar-refractivity contribution in [2.24, 2.45) is 0 Å². The Kier molecular flexibility index (Phi) is 1.66. The number of rotatable bonds is 1. The molecule has 0 aliphatic carbocycles. The maximum Gasteiger partial charge on any atom is 0.228 e. The van der Waals surface area contributed by atoms with Gasteiger partial charge in [0, 0.05) is 19.2 Å². The number of aromatic nitrogens is 2. The molecule has 0 aromatic carbocycles. The Balaban J connectivity index is 2.77. The lowest BCUT2D eigenvalue weighted by Crippen LogP contribution is -2.23. The van der Waals surface area contributed by atoms with Gasteiger partial charge in [-0.15, -0.1) is 0 Å². The summed E-state index contributed by atoms with van der Waals surface area (Å²) >= 11 is 0. The first-order chi connectivity index (χ1) is 4.72. The molecule has 53 valence electrons. The Hall–Kier alpha value is -1.39. The summed E-state index contributed by atoms with van der Waals surface area (Å²) in [5.41, 5.74) is 0. The van der Waals surface area contributed by atoms with Crippen molar-refractivity contribution >= 4 is 11.7 Å². The lowest BCUT2D eigenvalue weighted by atomic mass is 10.6. The molecular weight excluding hydrogens is 134 g/mol. The minimum atomic E-state index is -0.351.